The van der Waals surface area contributed by atoms with Crippen LogP contribution in [0.5, 0.6) is 0 Å². The van der Waals surface area contributed by atoms with Gasteiger partial charge in [0.05, 0.1) is 0 Å². The van der Waals surface area contributed by atoms with Gasteiger partial charge in [0, 0.05) is 12.6 Å². The van der Waals surface area contributed by atoms with Crippen molar-refractivity contribution in [1.29, 1.82) is 0 Å². The molecule has 0 spiro atoms. The number of hydrogen-bond donors (Lipinski definition) is 1. The summed E-state index contributed by atoms with van der Waals surface area (Å²) in [5.41, 5.74) is 1.59. The lowest BCUT2D eigenvalue weighted by Gasteiger charge is -2.59. The third-order valence-electron chi connectivity index (χ3n) is 6.51. The normalized spacial score (nSPS) is 38.7. The van der Waals surface area contributed by atoms with Gasteiger partial charge in [-0.05, 0) is 86.3 Å². The fourth-order valence-corrected chi connectivity index (χ4v) is 5.84. The zero-order chi connectivity index (χ0) is 14.4. The molecule has 4 fully saturated rings. The van der Waals surface area contributed by atoms with E-state index in [9.17, 15) is 4.39 Å². The van der Waals surface area contributed by atoms with Crippen molar-refractivity contribution in [2.24, 2.45) is 23.2 Å². The van der Waals surface area contributed by atoms with E-state index in [-0.39, 0.29) is 5.82 Å². The molecule has 0 amide bonds. The predicted molar refractivity (Wildman–Crippen MR) is 83.3 cm³/mol. The van der Waals surface area contributed by atoms with Crippen LogP contribution in [-0.2, 0) is 6.54 Å². The summed E-state index contributed by atoms with van der Waals surface area (Å²) in [5, 5.41) is 3.72. The molecule has 0 heterocycles. The first-order chi connectivity index (χ1) is 10.1. The molecule has 1 N–H and O–H groups in total. The van der Waals surface area contributed by atoms with E-state index in [1.54, 1.807) is 6.07 Å². The third kappa shape index (κ3) is 2.52. The van der Waals surface area contributed by atoms with Gasteiger partial charge in [-0.25, -0.2) is 4.39 Å². The van der Waals surface area contributed by atoms with Crippen molar-refractivity contribution in [3.05, 3.63) is 35.6 Å². The third-order valence-corrected chi connectivity index (χ3v) is 6.51. The standard InChI is InChI=1S/C19H26FN/c1-13(21-12-14-3-2-4-18(20)8-14)19-9-15-5-16(10-19)7-17(6-15)11-19/h2-4,8,13,15-17,21H,5-7,9-12H2,1H3/t13-,15?,16?,17?,19?/m0/s1. The van der Waals surface area contributed by atoms with Gasteiger partial charge in [-0.3, -0.25) is 0 Å². The Kier molecular flexibility index (Phi) is 3.33. The highest BCUT2D eigenvalue weighted by atomic mass is 19.1. The smallest absolute Gasteiger partial charge is 0.123 e. The van der Waals surface area contributed by atoms with Crippen molar-refractivity contribution in [1.82, 2.24) is 5.32 Å². The summed E-state index contributed by atoms with van der Waals surface area (Å²) in [6.45, 7) is 3.16. The zero-order valence-corrected chi connectivity index (χ0v) is 12.9. The van der Waals surface area contributed by atoms with Gasteiger partial charge in [0.25, 0.3) is 0 Å². The molecule has 4 aliphatic rings. The molecule has 114 valence electrons. The highest BCUT2D eigenvalue weighted by molar-refractivity contribution is 5.16. The fraction of sp³-hybridized carbons (Fsp3) is 0.684. The lowest BCUT2D eigenvalue weighted by atomic mass is 9.48. The van der Waals surface area contributed by atoms with Crippen LogP contribution >= 0.6 is 0 Å². The van der Waals surface area contributed by atoms with Gasteiger partial charge in [0.2, 0.25) is 0 Å². The monoisotopic (exact) mass is 287 g/mol. The highest BCUT2D eigenvalue weighted by Gasteiger charge is 2.52. The molecule has 4 aliphatic carbocycles. The summed E-state index contributed by atoms with van der Waals surface area (Å²) in [5.74, 6) is 2.86. The van der Waals surface area contributed by atoms with E-state index < -0.39 is 0 Å². The summed E-state index contributed by atoms with van der Waals surface area (Å²) < 4.78 is 13.3. The Morgan fingerprint density at radius 2 is 1.76 bits per heavy atom. The molecule has 21 heavy (non-hydrogen) atoms. The maximum absolute atomic E-state index is 13.3. The molecule has 1 aromatic carbocycles. The molecule has 1 nitrogen and oxygen atoms in total. The second kappa shape index (κ2) is 5.08. The van der Waals surface area contributed by atoms with E-state index in [1.165, 1.54) is 44.6 Å². The van der Waals surface area contributed by atoms with Crippen LogP contribution in [0.2, 0.25) is 0 Å². The number of benzene rings is 1. The molecular weight excluding hydrogens is 261 g/mol. The minimum atomic E-state index is -0.128. The fourth-order valence-electron chi connectivity index (χ4n) is 5.84. The molecule has 2 heteroatoms. The molecule has 0 saturated heterocycles. The Morgan fingerprint density at radius 3 is 2.33 bits per heavy atom. The number of rotatable bonds is 4. The SMILES string of the molecule is C[C@H](NCc1cccc(F)c1)C12CC3CC(CC(C3)C1)C2. The first-order valence-corrected chi connectivity index (χ1v) is 8.61. The second-order valence-electron chi connectivity index (χ2n) is 8.01. The van der Waals surface area contributed by atoms with E-state index in [4.69, 9.17) is 0 Å². The Bertz CT molecular complexity index is 489. The molecule has 0 aliphatic heterocycles. The Labute approximate surface area is 127 Å². The average molecular weight is 287 g/mol. The summed E-state index contributed by atoms with van der Waals surface area (Å²) in [4.78, 5) is 0. The van der Waals surface area contributed by atoms with E-state index in [0.717, 1.165) is 29.9 Å². The summed E-state index contributed by atoms with van der Waals surface area (Å²) >= 11 is 0. The van der Waals surface area contributed by atoms with Crippen molar-refractivity contribution in [3.8, 4) is 0 Å². The molecule has 0 aromatic heterocycles. The first kappa shape index (κ1) is 13.8. The van der Waals surface area contributed by atoms with E-state index in [1.807, 2.05) is 12.1 Å². The Balaban J connectivity index is 1.44. The van der Waals surface area contributed by atoms with E-state index in [2.05, 4.69) is 12.2 Å². The summed E-state index contributed by atoms with van der Waals surface area (Å²) in [7, 11) is 0. The Hall–Kier alpha value is -0.890. The largest absolute Gasteiger partial charge is 0.310 e. The van der Waals surface area contributed by atoms with Crippen molar-refractivity contribution in [2.45, 2.75) is 58.0 Å². The Morgan fingerprint density at radius 1 is 1.14 bits per heavy atom. The van der Waals surface area contributed by atoms with Crippen molar-refractivity contribution < 1.29 is 4.39 Å². The van der Waals surface area contributed by atoms with Crippen LogP contribution in [0.3, 0.4) is 0 Å². The molecule has 0 radical (unpaired) electrons. The minimum absolute atomic E-state index is 0.128. The van der Waals surface area contributed by atoms with Gasteiger partial charge in [-0.2, -0.15) is 0 Å². The minimum Gasteiger partial charge on any atom is -0.310 e. The number of nitrogens with one attached hydrogen (secondary N) is 1. The van der Waals surface area contributed by atoms with Crippen molar-refractivity contribution in [3.63, 3.8) is 0 Å². The molecule has 1 atom stereocenters. The maximum atomic E-state index is 13.3. The van der Waals surface area contributed by atoms with Gasteiger partial charge in [0.1, 0.15) is 5.82 Å². The molecule has 4 bridgehead atoms. The van der Waals surface area contributed by atoms with Crippen LogP contribution in [0.25, 0.3) is 0 Å². The van der Waals surface area contributed by atoms with Crippen LogP contribution < -0.4 is 5.32 Å². The van der Waals surface area contributed by atoms with Crippen LogP contribution in [0.15, 0.2) is 24.3 Å². The van der Waals surface area contributed by atoms with Gasteiger partial charge in [-0.1, -0.05) is 12.1 Å². The van der Waals surface area contributed by atoms with Gasteiger partial charge in [0.15, 0.2) is 0 Å². The maximum Gasteiger partial charge on any atom is 0.123 e. The van der Waals surface area contributed by atoms with Crippen molar-refractivity contribution >= 4 is 0 Å². The van der Waals surface area contributed by atoms with Gasteiger partial charge in [-0.15, -0.1) is 0 Å². The molecule has 0 unspecified atom stereocenters. The average Bonchev–Trinajstić information content (AvgIpc) is 2.43. The van der Waals surface area contributed by atoms with E-state index in [0.29, 0.717) is 11.5 Å². The quantitative estimate of drug-likeness (QED) is 0.858. The molecule has 4 saturated carbocycles. The number of hydrogen-bond acceptors (Lipinski definition) is 1. The van der Waals surface area contributed by atoms with Gasteiger partial charge >= 0.3 is 0 Å². The summed E-state index contributed by atoms with van der Waals surface area (Å²) in [6, 6.07) is 7.55. The van der Waals surface area contributed by atoms with Crippen LogP contribution in [0.4, 0.5) is 4.39 Å². The lowest BCUT2D eigenvalue weighted by molar-refractivity contribution is -0.0706. The topological polar surface area (TPSA) is 12.0 Å². The first-order valence-electron chi connectivity index (χ1n) is 8.61. The summed E-state index contributed by atoms with van der Waals surface area (Å²) in [6.07, 6.45) is 8.77. The van der Waals surface area contributed by atoms with Crippen LogP contribution in [0.1, 0.15) is 51.0 Å². The molecule has 5 rings (SSSR count). The predicted octanol–water partition coefficient (Wildman–Crippen LogP) is 4.52. The zero-order valence-electron chi connectivity index (χ0n) is 12.9. The second-order valence-corrected chi connectivity index (χ2v) is 8.01. The molecular formula is C19H26FN. The highest BCUT2D eigenvalue weighted by Crippen LogP contribution is 2.61. The van der Waals surface area contributed by atoms with E-state index >= 15 is 0 Å². The lowest BCUT2D eigenvalue weighted by Crippen LogP contribution is -2.54. The molecule has 1 aromatic rings. The van der Waals surface area contributed by atoms with Crippen molar-refractivity contribution in [2.75, 3.05) is 0 Å². The van der Waals surface area contributed by atoms with Crippen LogP contribution in [0, 0.1) is 29.0 Å². The van der Waals surface area contributed by atoms with Gasteiger partial charge < -0.3 is 5.32 Å². The van der Waals surface area contributed by atoms with Crippen LogP contribution in [-0.4, -0.2) is 6.04 Å². The number of halogens is 1.